The molecule has 7 N–H and O–H groups in total. The number of nitrogens with zero attached hydrogens (tertiary/aromatic N) is 2. The smallest absolute Gasteiger partial charge is 0.462 e. The lowest BCUT2D eigenvalue weighted by Crippen LogP contribution is -2.36. The number of esters is 2. The molecule has 1 aliphatic heterocycles. The molecule has 1 saturated heterocycles. The molecule has 0 bridgehead atoms. The van der Waals surface area contributed by atoms with Gasteiger partial charge in [0.25, 0.3) is 0 Å². The number of carbonyl (C=O) groups is 2. The van der Waals surface area contributed by atoms with Crippen molar-refractivity contribution in [3.8, 4) is 0 Å². The lowest BCUT2D eigenvalue weighted by atomic mass is 10.1. The third kappa shape index (κ3) is 33.0. The van der Waals surface area contributed by atoms with Gasteiger partial charge in [-0.15, -0.1) is 0 Å². The molecule has 1 aromatic heterocycles. The Labute approximate surface area is 442 Å². The topological polar surface area (TPSA) is 286 Å². The molecule has 0 radical (unpaired) electrons. The zero-order chi connectivity index (χ0) is 55.0. The van der Waals surface area contributed by atoms with Crippen LogP contribution in [0.15, 0.2) is 139 Å². The van der Waals surface area contributed by atoms with E-state index >= 15 is 0 Å². The monoisotopic (exact) mass is 1090 g/mol. The lowest BCUT2D eigenvalue weighted by Gasteiger charge is -2.21. The van der Waals surface area contributed by atoms with Gasteiger partial charge >= 0.3 is 33.3 Å². The molecule has 75 heavy (non-hydrogen) atoms. The van der Waals surface area contributed by atoms with Crippen molar-refractivity contribution < 1.29 is 71.4 Å². The maximum Gasteiger partial charge on any atom is 0.481 e. The van der Waals surface area contributed by atoms with Gasteiger partial charge in [-0.25, -0.2) is 13.9 Å². The molecule has 0 saturated carbocycles. The van der Waals surface area contributed by atoms with Crippen LogP contribution in [0, 0.1) is 0 Å². The third-order valence-corrected chi connectivity index (χ3v) is 13.2. The van der Waals surface area contributed by atoms with Gasteiger partial charge in [0.1, 0.15) is 30.7 Å². The molecule has 418 valence electrons. The van der Waals surface area contributed by atoms with Gasteiger partial charge in [0.15, 0.2) is 12.3 Å². The van der Waals surface area contributed by atoms with E-state index in [1.54, 1.807) is 12.2 Å². The SMILES string of the molecule is CC/C=C\C/C=C\C/C=C\C/C=C\C/C=C\CCCCCC(=O)O[C@H](COC(=O)CCC/C=C\C/C=C\C=C\C(O)C/C=C\C/C=C\CC)COP(=O)(O)OP(=O)(O)OC[C@H]1O[C@@H](n2ccc(N)nc2=O)[C@H](O)[C@@H]1O. The molecule has 3 unspecified atom stereocenters. The fraction of sp³-hybridized carbons (Fsp3) is 0.519. The highest BCUT2D eigenvalue weighted by Gasteiger charge is 2.46. The van der Waals surface area contributed by atoms with E-state index in [4.69, 9.17) is 29.0 Å². The maximum absolute atomic E-state index is 12.9. The zero-order valence-electron chi connectivity index (χ0n) is 43.4. The van der Waals surface area contributed by atoms with Crippen LogP contribution in [-0.4, -0.2) is 96.9 Å². The van der Waals surface area contributed by atoms with Crippen molar-refractivity contribution in [3.05, 3.63) is 144 Å². The second-order valence-electron chi connectivity index (χ2n) is 17.1. The van der Waals surface area contributed by atoms with E-state index in [2.05, 4.69) is 96.1 Å². The number of aromatic nitrogens is 2. The fourth-order valence-corrected chi connectivity index (χ4v) is 8.80. The number of nitrogens with two attached hydrogens (primary N) is 1. The summed E-state index contributed by atoms with van der Waals surface area (Å²) in [5, 5.41) is 31.0. The third-order valence-electron chi connectivity index (χ3n) is 10.6. The van der Waals surface area contributed by atoms with E-state index in [-0.39, 0.29) is 18.7 Å². The van der Waals surface area contributed by atoms with Gasteiger partial charge in [0.2, 0.25) is 0 Å². The van der Waals surface area contributed by atoms with Crippen LogP contribution < -0.4 is 11.4 Å². The number of phosphoric ester groups is 2. The van der Waals surface area contributed by atoms with E-state index < -0.39 is 89.8 Å². The molecule has 1 aliphatic rings. The summed E-state index contributed by atoms with van der Waals surface area (Å²) in [6.07, 6.45) is 44.5. The number of rotatable bonds is 40. The number of nitrogen functional groups attached to an aromatic ring is 1. The predicted octanol–water partition coefficient (Wildman–Crippen LogP) is 9.74. The van der Waals surface area contributed by atoms with Crippen LogP contribution in [0.5, 0.6) is 0 Å². The first kappa shape index (κ1) is 66.2. The van der Waals surface area contributed by atoms with E-state index in [1.165, 1.54) is 6.07 Å². The van der Waals surface area contributed by atoms with Crippen LogP contribution >= 0.6 is 15.6 Å². The largest absolute Gasteiger partial charge is 0.481 e. The highest BCUT2D eigenvalue weighted by molar-refractivity contribution is 7.61. The van der Waals surface area contributed by atoms with Gasteiger partial charge < -0.3 is 45.1 Å². The minimum atomic E-state index is -5.46. The number of anilines is 1. The maximum atomic E-state index is 12.9. The molecule has 0 spiro atoms. The summed E-state index contributed by atoms with van der Waals surface area (Å²) in [6.45, 7) is 1.74. The number of aliphatic hydroxyl groups is 3. The van der Waals surface area contributed by atoms with Crippen LogP contribution in [0.25, 0.3) is 0 Å². The Morgan fingerprint density at radius 3 is 1.87 bits per heavy atom. The van der Waals surface area contributed by atoms with Crippen molar-refractivity contribution in [1.82, 2.24) is 9.55 Å². The van der Waals surface area contributed by atoms with Crippen molar-refractivity contribution in [1.29, 1.82) is 0 Å². The number of hydrogen-bond acceptors (Lipinski definition) is 16. The van der Waals surface area contributed by atoms with Crippen LogP contribution in [0.4, 0.5) is 5.82 Å². The van der Waals surface area contributed by atoms with Crippen molar-refractivity contribution in [3.63, 3.8) is 0 Å². The molecule has 0 aromatic carbocycles. The van der Waals surface area contributed by atoms with Gasteiger partial charge in [-0.1, -0.05) is 142 Å². The minimum absolute atomic E-state index is 0.000972. The standard InChI is InChI=1S/C54H81N3O16P2/c1-3-5-7-9-11-12-13-14-15-16-17-18-19-20-21-22-27-31-35-39-50(60)71-46(42-68-49(59)38-34-30-26-24-23-25-29-33-37-45(58)36-32-28-10-8-6-4-2)43-69-74(64,65)73-75(66,67)70-44-47-51(61)52(62)53(72-47)57-41-40-48(55)56-54(57)63/h5-8,11-12,14-15,17-18,20-21,24-26,28-29,32-33,37,40-41,45-47,51-53,58,61-62H,3-4,9-10,13,16,19,22-23,27,30-31,34-36,38-39,42-44H2,1-2H3,(H,64,65)(H,66,67)(H2,55,56,63)/b7-5-,8-6-,12-11-,15-14-,18-17-,21-20-,26-24-,29-25-,32-28-,37-33+/t45?,46-,47-,51-,52-,53-/m1/s1. The summed E-state index contributed by atoms with van der Waals surface area (Å²) < 4.78 is 56.7. The highest BCUT2D eigenvalue weighted by atomic mass is 31.3. The second-order valence-corrected chi connectivity index (χ2v) is 20.1. The van der Waals surface area contributed by atoms with Crippen LogP contribution in [0.1, 0.15) is 129 Å². The number of unbranched alkanes of at least 4 members (excludes halogenated alkanes) is 4. The van der Waals surface area contributed by atoms with Crippen LogP contribution in [0.3, 0.4) is 0 Å². The van der Waals surface area contributed by atoms with Crippen LogP contribution in [0.2, 0.25) is 0 Å². The first-order valence-corrected chi connectivity index (χ1v) is 28.6. The van der Waals surface area contributed by atoms with E-state index in [1.807, 2.05) is 36.5 Å². The molecule has 0 amide bonds. The van der Waals surface area contributed by atoms with E-state index in [9.17, 15) is 48.6 Å². The Balaban J connectivity index is 1.86. The summed E-state index contributed by atoms with van der Waals surface area (Å²) >= 11 is 0. The Bertz CT molecular complexity index is 2250. The molecule has 1 aromatic rings. The molecule has 0 aliphatic carbocycles. The number of carbonyl (C=O) groups excluding carboxylic acids is 2. The summed E-state index contributed by atoms with van der Waals surface area (Å²) in [5.74, 6) is -1.47. The predicted molar refractivity (Wildman–Crippen MR) is 290 cm³/mol. The Morgan fingerprint density at radius 2 is 1.25 bits per heavy atom. The Morgan fingerprint density at radius 1 is 0.707 bits per heavy atom. The molecule has 21 heteroatoms. The molecular weight excluding hydrogens is 1010 g/mol. The van der Waals surface area contributed by atoms with Crippen molar-refractivity contribution in [2.45, 2.75) is 160 Å². The van der Waals surface area contributed by atoms with Gasteiger partial charge in [-0.05, 0) is 96.0 Å². The Kier molecular flexibility index (Phi) is 35.7. The number of aliphatic hydroxyl groups excluding tert-OH is 3. The molecule has 2 heterocycles. The lowest BCUT2D eigenvalue weighted by molar-refractivity contribution is -0.161. The highest BCUT2D eigenvalue weighted by Crippen LogP contribution is 2.60. The van der Waals surface area contributed by atoms with Gasteiger partial charge in [0, 0.05) is 19.0 Å². The number of phosphoric acid groups is 2. The zero-order valence-corrected chi connectivity index (χ0v) is 45.2. The van der Waals surface area contributed by atoms with E-state index in [0.717, 1.165) is 68.6 Å². The molecule has 19 nitrogen and oxygen atoms in total. The van der Waals surface area contributed by atoms with Crippen molar-refractivity contribution in [2.75, 3.05) is 25.6 Å². The van der Waals surface area contributed by atoms with E-state index in [0.29, 0.717) is 38.5 Å². The first-order valence-electron chi connectivity index (χ1n) is 25.7. The number of allylic oxidation sites excluding steroid dienone is 18. The minimum Gasteiger partial charge on any atom is -0.462 e. The molecular formula is C54H81N3O16P2. The Hall–Kier alpha value is -4.88. The molecule has 8 atom stereocenters. The van der Waals surface area contributed by atoms with Crippen LogP contribution in [-0.2, 0) is 46.3 Å². The summed E-state index contributed by atoms with van der Waals surface area (Å²) in [7, 11) is -10.9. The van der Waals surface area contributed by atoms with Gasteiger partial charge in [-0.2, -0.15) is 9.29 Å². The first-order chi connectivity index (χ1) is 36.1. The van der Waals surface area contributed by atoms with Gasteiger partial charge in [-0.3, -0.25) is 23.2 Å². The second kappa shape index (κ2) is 40.4. The fourth-order valence-electron chi connectivity index (χ4n) is 6.69. The molecule has 1 fully saturated rings. The summed E-state index contributed by atoms with van der Waals surface area (Å²) in [6, 6.07) is 1.24. The van der Waals surface area contributed by atoms with Crippen molar-refractivity contribution >= 4 is 33.4 Å². The summed E-state index contributed by atoms with van der Waals surface area (Å²) in [4.78, 5) is 61.9. The number of ether oxygens (including phenoxy) is 3. The van der Waals surface area contributed by atoms with Gasteiger partial charge in [0.05, 0.1) is 19.3 Å². The normalized spacial score (nSPS) is 20.2. The average molecular weight is 1090 g/mol. The number of hydrogen-bond donors (Lipinski definition) is 6. The van der Waals surface area contributed by atoms with Crippen molar-refractivity contribution in [2.24, 2.45) is 0 Å². The average Bonchev–Trinajstić information content (AvgIpc) is 3.64. The summed E-state index contributed by atoms with van der Waals surface area (Å²) in [5.41, 5.74) is 4.57. The molecule has 2 rings (SSSR count). The quantitative estimate of drug-likeness (QED) is 0.0117.